The zero-order chi connectivity index (χ0) is 10.1. The van der Waals surface area contributed by atoms with Gasteiger partial charge in [0.1, 0.15) is 17.1 Å². The van der Waals surface area contributed by atoms with Crippen molar-refractivity contribution in [3.63, 3.8) is 0 Å². The predicted octanol–water partition coefficient (Wildman–Crippen LogP) is 2.32. The summed E-state index contributed by atoms with van der Waals surface area (Å²) in [5.74, 6) is 2.09. The van der Waals surface area contributed by atoms with Gasteiger partial charge in [0.15, 0.2) is 0 Å². The Kier molecular flexibility index (Phi) is 2.33. The van der Waals surface area contributed by atoms with Crippen molar-refractivity contribution in [3.05, 3.63) is 24.0 Å². The molecular formula is C10H11ClN2O. The number of nitrogens with zero attached hydrogens (tertiary/aromatic N) is 2. The molecule has 0 aliphatic heterocycles. The molecule has 1 aromatic carbocycles. The highest BCUT2D eigenvalue weighted by Crippen LogP contribution is 2.25. The lowest BCUT2D eigenvalue weighted by atomic mass is 10.3. The van der Waals surface area contributed by atoms with E-state index in [0.717, 1.165) is 22.6 Å². The van der Waals surface area contributed by atoms with Gasteiger partial charge in [-0.3, -0.25) is 0 Å². The molecule has 1 heterocycles. The topological polar surface area (TPSA) is 27.1 Å². The Balaban J connectivity index is 2.79. The second-order valence-corrected chi connectivity index (χ2v) is 3.32. The number of alkyl halides is 1. The molecule has 14 heavy (non-hydrogen) atoms. The molecule has 0 aliphatic rings. The van der Waals surface area contributed by atoms with Gasteiger partial charge in [0.25, 0.3) is 0 Å². The standard InChI is InChI=1S/C10H11ClN2O/c1-13-9(6-11)12-7-4-3-5-8(14-2)10(7)13/h3-5H,6H2,1-2H3. The minimum atomic E-state index is 0.411. The number of para-hydroxylation sites is 1. The van der Waals surface area contributed by atoms with Gasteiger partial charge in [-0.25, -0.2) is 4.98 Å². The van der Waals surface area contributed by atoms with Crippen molar-refractivity contribution in [2.24, 2.45) is 7.05 Å². The number of imidazole rings is 1. The molecule has 0 saturated heterocycles. The van der Waals surface area contributed by atoms with Gasteiger partial charge in [0, 0.05) is 7.05 Å². The molecule has 0 unspecified atom stereocenters. The average molecular weight is 211 g/mol. The van der Waals surface area contributed by atoms with Crippen molar-refractivity contribution < 1.29 is 4.74 Å². The molecule has 0 aliphatic carbocycles. The molecule has 74 valence electrons. The van der Waals surface area contributed by atoms with Crippen LogP contribution in [0.4, 0.5) is 0 Å². The third-order valence-corrected chi connectivity index (χ3v) is 2.53. The number of aryl methyl sites for hydroxylation is 1. The third-order valence-electron chi connectivity index (χ3n) is 2.29. The first kappa shape index (κ1) is 9.34. The molecular weight excluding hydrogens is 200 g/mol. The average Bonchev–Trinajstić information content (AvgIpc) is 2.55. The Hall–Kier alpha value is -1.22. The fourth-order valence-electron chi connectivity index (χ4n) is 1.57. The second-order valence-electron chi connectivity index (χ2n) is 3.05. The number of aromatic nitrogens is 2. The van der Waals surface area contributed by atoms with Crippen LogP contribution in [0.15, 0.2) is 18.2 Å². The number of halogens is 1. The van der Waals surface area contributed by atoms with E-state index in [1.807, 2.05) is 29.8 Å². The lowest BCUT2D eigenvalue weighted by Gasteiger charge is -2.03. The molecule has 0 atom stereocenters. The van der Waals surface area contributed by atoms with Gasteiger partial charge >= 0.3 is 0 Å². The smallest absolute Gasteiger partial charge is 0.144 e. The van der Waals surface area contributed by atoms with E-state index in [4.69, 9.17) is 16.3 Å². The number of fused-ring (bicyclic) bond motifs is 1. The molecule has 1 aromatic heterocycles. The van der Waals surface area contributed by atoms with Gasteiger partial charge < -0.3 is 9.30 Å². The maximum absolute atomic E-state index is 5.78. The Morgan fingerprint density at radius 3 is 2.93 bits per heavy atom. The van der Waals surface area contributed by atoms with Crippen molar-refractivity contribution >= 4 is 22.6 Å². The molecule has 2 aromatic rings. The normalized spacial score (nSPS) is 10.8. The Morgan fingerprint density at radius 1 is 1.50 bits per heavy atom. The van der Waals surface area contributed by atoms with Crippen LogP contribution in [0.25, 0.3) is 11.0 Å². The van der Waals surface area contributed by atoms with Gasteiger partial charge in [-0.05, 0) is 12.1 Å². The molecule has 0 spiro atoms. The zero-order valence-electron chi connectivity index (χ0n) is 8.12. The number of rotatable bonds is 2. The molecule has 3 nitrogen and oxygen atoms in total. The number of hydrogen-bond donors (Lipinski definition) is 0. The monoisotopic (exact) mass is 210 g/mol. The van der Waals surface area contributed by atoms with Crippen LogP contribution < -0.4 is 4.74 Å². The summed E-state index contributed by atoms with van der Waals surface area (Å²) in [5.41, 5.74) is 1.91. The maximum atomic E-state index is 5.78. The summed E-state index contributed by atoms with van der Waals surface area (Å²) in [6, 6.07) is 5.79. The van der Waals surface area contributed by atoms with Crippen LogP contribution >= 0.6 is 11.6 Å². The summed E-state index contributed by atoms with van der Waals surface area (Å²) in [7, 11) is 3.59. The number of benzene rings is 1. The summed E-state index contributed by atoms with van der Waals surface area (Å²) in [5, 5.41) is 0. The van der Waals surface area contributed by atoms with Crippen molar-refractivity contribution in [1.29, 1.82) is 0 Å². The minimum absolute atomic E-state index is 0.411. The van der Waals surface area contributed by atoms with Crippen LogP contribution in [-0.2, 0) is 12.9 Å². The van der Waals surface area contributed by atoms with Crippen molar-refractivity contribution in [1.82, 2.24) is 9.55 Å². The quantitative estimate of drug-likeness (QED) is 0.712. The molecule has 0 saturated carbocycles. The van der Waals surface area contributed by atoms with E-state index in [2.05, 4.69) is 4.98 Å². The fourth-order valence-corrected chi connectivity index (χ4v) is 1.80. The van der Waals surface area contributed by atoms with E-state index in [0.29, 0.717) is 5.88 Å². The molecule has 4 heteroatoms. The van der Waals surface area contributed by atoms with E-state index in [1.165, 1.54) is 0 Å². The second kappa shape index (κ2) is 3.50. The van der Waals surface area contributed by atoms with Crippen LogP contribution in [0.3, 0.4) is 0 Å². The van der Waals surface area contributed by atoms with E-state index >= 15 is 0 Å². The van der Waals surface area contributed by atoms with Crippen molar-refractivity contribution in [2.45, 2.75) is 5.88 Å². The lowest BCUT2D eigenvalue weighted by molar-refractivity contribution is 0.418. The first-order chi connectivity index (χ1) is 6.77. The fraction of sp³-hybridized carbons (Fsp3) is 0.300. The first-order valence-electron chi connectivity index (χ1n) is 4.32. The van der Waals surface area contributed by atoms with Crippen LogP contribution in [-0.4, -0.2) is 16.7 Å². The largest absolute Gasteiger partial charge is 0.494 e. The van der Waals surface area contributed by atoms with Gasteiger partial charge in [-0.15, -0.1) is 11.6 Å². The van der Waals surface area contributed by atoms with Gasteiger partial charge in [-0.2, -0.15) is 0 Å². The van der Waals surface area contributed by atoms with Crippen LogP contribution in [0, 0.1) is 0 Å². The molecule has 2 rings (SSSR count). The van der Waals surface area contributed by atoms with E-state index in [9.17, 15) is 0 Å². The summed E-state index contributed by atoms with van der Waals surface area (Å²) < 4.78 is 7.22. The Morgan fingerprint density at radius 2 is 2.29 bits per heavy atom. The summed E-state index contributed by atoms with van der Waals surface area (Å²) in [4.78, 5) is 4.39. The van der Waals surface area contributed by atoms with Crippen molar-refractivity contribution in [3.8, 4) is 5.75 Å². The molecule has 0 amide bonds. The third kappa shape index (κ3) is 1.24. The first-order valence-corrected chi connectivity index (χ1v) is 4.85. The van der Waals surface area contributed by atoms with E-state index < -0.39 is 0 Å². The lowest BCUT2D eigenvalue weighted by Crippen LogP contribution is -1.95. The summed E-state index contributed by atoms with van der Waals surface area (Å²) >= 11 is 5.78. The number of hydrogen-bond acceptors (Lipinski definition) is 2. The predicted molar refractivity (Wildman–Crippen MR) is 56.8 cm³/mol. The summed E-state index contributed by atoms with van der Waals surface area (Å²) in [6.07, 6.45) is 0. The zero-order valence-corrected chi connectivity index (χ0v) is 8.88. The number of ether oxygens (including phenoxy) is 1. The Labute approximate surface area is 87.3 Å². The molecule has 0 fully saturated rings. The molecule has 0 N–H and O–H groups in total. The minimum Gasteiger partial charge on any atom is -0.494 e. The van der Waals surface area contributed by atoms with Gasteiger partial charge in [0.2, 0.25) is 0 Å². The highest BCUT2D eigenvalue weighted by molar-refractivity contribution is 6.16. The Bertz CT molecular complexity index is 464. The highest BCUT2D eigenvalue weighted by atomic mass is 35.5. The van der Waals surface area contributed by atoms with Crippen LogP contribution in [0.5, 0.6) is 5.75 Å². The highest BCUT2D eigenvalue weighted by Gasteiger charge is 2.10. The van der Waals surface area contributed by atoms with Crippen LogP contribution in [0.1, 0.15) is 5.82 Å². The molecule has 0 bridgehead atoms. The van der Waals surface area contributed by atoms with Gasteiger partial charge in [-0.1, -0.05) is 6.07 Å². The van der Waals surface area contributed by atoms with Crippen molar-refractivity contribution in [2.75, 3.05) is 7.11 Å². The molecule has 0 radical (unpaired) electrons. The van der Waals surface area contributed by atoms with Gasteiger partial charge in [0.05, 0.1) is 18.5 Å². The van der Waals surface area contributed by atoms with Crippen LogP contribution in [0.2, 0.25) is 0 Å². The number of methoxy groups -OCH3 is 1. The SMILES string of the molecule is COc1cccc2nc(CCl)n(C)c12. The van der Waals surface area contributed by atoms with E-state index in [1.54, 1.807) is 7.11 Å². The summed E-state index contributed by atoms with van der Waals surface area (Å²) in [6.45, 7) is 0. The van der Waals surface area contributed by atoms with E-state index in [-0.39, 0.29) is 0 Å². The maximum Gasteiger partial charge on any atom is 0.144 e.